The number of methoxy groups -OCH3 is 1. The molecule has 0 unspecified atom stereocenters. The Labute approximate surface area is 240 Å². The van der Waals surface area contributed by atoms with E-state index in [1.54, 1.807) is 48.5 Å². The van der Waals surface area contributed by atoms with E-state index in [1.807, 2.05) is 12.1 Å². The van der Waals surface area contributed by atoms with Crippen LogP contribution in [0.5, 0.6) is 0 Å². The zero-order valence-electron chi connectivity index (χ0n) is 22.7. The number of carbonyl (C=O) groups is 3. The smallest absolute Gasteiger partial charge is 0.417 e. The van der Waals surface area contributed by atoms with E-state index in [2.05, 4.69) is 9.73 Å². The first-order valence-electron chi connectivity index (χ1n) is 13.2. The lowest BCUT2D eigenvalue weighted by atomic mass is 9.83. The van der Waals surface area contributed by atoms with Crippen molar-refractivity contribution in [2.45, 2.75) is 18.3 Å². The summed E-state index contributed by atoms with van der Waals surface area (Å²) < 4.78 is 46.6. The lowest BCUT2D eigenvalue weighted by Gasteiger charge is -2.34. The third-order valence-electron chi connectivity index (χ3n) is 7.46. The van der Waals surface area contributed by atoms with Gasteiger partial charge in [0, 0.05) is 26.2 Å². The summed E-state index contributed by atoms with van der Waals surface area (Å²) >= 11 is 0. The Bertz CT molecular complexity index is 1480. The molecule has 0 aromatic heterocycles. The second kappa shape index (κ2) is 11.2. The van der Waals surface area contributed by atoms with Crippen LogP contribution in [0.25, 0.3) is 0 Å². The molecule has 3 aromatic rings. The Morgan fingerprint density at radius 3 is 1.98 bits per heavy atom. The van der Waals surface area contributed by atoms with Crippen LogP contribution in [-0.2, 0) is 27.8 Å². The molecule has 1 saturated heterocycles. The van der Waals surface area contributed by atoms with Gasteiger partial charge in [0.1, 0.15) is 0 Å². The number of aliphatic imine (C=N–C) groups is 1. The fourth-order valence-electron chi connectivity index (χ4n) is 5.32. The van der Waals surface area contributed by atoms with Crippen LogP contribution in [-0.4, -0.2) is 71.9 Å². The highest BCUT2D eigenvalue weighted by Gasteiger charge is 2.50. The van der Waals surface area contributed by atoms with Crippen LogP contribution in [0.2, 0.25) is 0 Å². The van der Waals surface area contributed by atoms with E-state index in [4.69, 9.17) is 5.73 Å². The number of carbonyl (C=O) groups excluding carboxylic acids is 3. The van der Waals surface area contributed by atoms with Gasteiger partial charge in [-0.1, -0.05) is 66.7 Å². The second-order valence-electron chi connectivity index (χ2n) is 9.93. The third kappa shape index (κ3) is 5.15. The van der Waals surface area contributed by atoms with E-state index in [9.17, 15) is 27.6 Å². The summed E-state index contributed by atoms with van der Waals surface area (Å²) in [5.74, 6) is -1.39. The first kappa shape index (κ1) is 28.7. The fraction of sp³-hybridized carbons (Fsp3) is 0.267. The highest BCUT2D eigenvalue weighted by Crippen LogP contribution is 2.40. The second-order valence-corrected chi connectivity index (χ2v) is 9.93. The van der Waals surface area contributed by atoms with Gasteiger partial charge in [0.2, 0.25) is 0 Å². The van der Waals surface area contributed by atoms with Crippen molar-refractivity contribution in [2.24, 2.45) is 10.7 Å². The normalized spacial score (nSPS) is 16.8. The van der Waals surface area contributed by atoms with Gasteiger partial charge in [-0.15, -0.1) is 0 Å². The number of guanidine groups is 1. The van der Waals surface area contributed by atoms with Crippen LogP contribution in [0.4, 0.5) is 18.0 Å². The molecule has 0 spiro atoms. The summed E-state index contributed by atoms with van der Waals surface area (Å²) in [5, 5.41) is 0. The fourth-order valence-corrected chi connectivity index (χ4v) is 5.32. The molecule has 1 fully saturated rings. The Morgan fingerprint density at radius 2 is 1.45 bits per heavy atom. The van der Waals surface area contributed by atoms with Crippen molar-refractivity contribution in [3.8, 4) is 0 Å². The number of hydrogen-bond donors (Lipinski definition) is 1. The average Bonchev–Trinajstić information content (AvgIpc) is 3.26. The molecule has 3 amide bonds. The van der Waals surface area contributed by atoms with E-state index < -0.39 is 40.7 Å². The van der Waals surface area contributed by atoms with Gasteiger partial charge in [-0.3, -0.25) is 14.5 Å². The van der Waals surface area contributed by atoms with Gasteiger partial charge in [-0.2, -0.15) is 13.2 Å². The van der Waals surface area contributed by atoms with Crippen LogP contribution < -0.4 is 5.73 Å². The minimum atomic E-state index is -4.79. The van der Waals surface area contributed by atoms with Crippen LogP contribution in [0.15, 0.2) is 83.9 Å². The topological polar surface area (TPSA) is 109 Å². The number of ether oxygens (including phenoxy) is 1. The molecule has 5 rings (SSSR count). The highest BCUT2D eigenvalue weighted by molar-refractivity contribution is 6.09. The van der Waals surface area contributed by atoms with Crippen molar-refractivity contribution in [1.82, 2.24) is 14.7 Å². The van der Waals surface area contributed by atoms with E-state index >= 15 is 0 Å². The number of benzene rings is 3. The van der Waals surface area contributed by atoms with E-state index in [0.29, 0.717) is 11.1 Å². The molecule has 0 saturated carbocycles. The minimum absolute atomic E-state index is 0.0380. The molecule has 42 heavy (non-hydrogen) atoms. The summed E-state index contributed by atoms with van der Waals surface area (Å²) in [6.45, 7) is 0.113. The zero-order valence-corrected chi connectivity index (χ0v) is 22.7. The van der Waals surface area contributed by atoms with Crippen molar-refractivity contribution in [3.63, 3.8) is 0 Å². The molecule has 0 bridgehead atoms. The molecule has 0 radical (unpaired) electrons. The largest absolute Gasteiger partial charge is 0.453 e. The summed E-state index contributed by atoms with van der Waals surface area (Å²) in [7, 11) is 1.23. The maximum absolute atomic E-state index is 14.1. The predicted molar refractivity (Wildman–Crippen MR) is 147 cm³/mol. The quantitative estimate of drug-likeness (QED) is 0.495. The van der Waals surface area contributed by atoms with E-state index in [-0.39, 0.29) is 44.2 Å². The molecule has 12 heteroatoms. The number of halogens is 3. The Morgan fingerprint density at radius 1 is 0.905 bits per heavy atom. The van der Waals surface area contributed by atoms with Crippen molar-refractivity contribution in [2.75, 3.05) is 33.3 Å². The first-order chi connectivity index (χ1) is 20.1. The van der Waals surface area contributed by atoms with Crippen molar-refractivity contribution in [3.05, 3.63) is 107 Å². The van der Waals surface area contributed by atoms with Crippen molar-refractivity contribution >= 4 is 23.9 Å². The third-order valence-corrected chi connectivity index (χ3v) is 7.46. The standard InChI is InChI=1S/C30H28F3N5O4/c1-42-28(41)37-16-14-36(15-17-37)25(39)23-18-20(12-13-24(23)30(31,32)33)19-38-26(40)29(35-27(38)34,21-8-4-2-5-9-21)22-10-6-3-7-11-22/h2-13,18H,14-17,19H2,1H3,(H2,34,35). The monoisotopic (exact) mass is 579 g/mol. The van der Waals surface area contributed by atoms with E-state index in [1.165, 1.54) is 27.9 Å². The number of piperazine rings is 1. The van der Waals surface area contributed by atoms with Gasteiger partial charge < -0.3 is 20.3 Å². The SMILES string of the molecule is COC(=O)N1CCN(C(=O)c2cc(CN3C(=O)C(c4ccccc4)(c4ccccc4)N=C3N)ccc2C(F)(F)F)CC1. The molecule has 2 aliphatic rings. The number of rotatable bonds is 5. The minimum Gasteiger partial charge on any atom is -0.453 e. The zero-order chi connectivity index (χ0) is 30.1. The number of nitrogens with two attached hydrogens (primary N) is 1. The number of amides is 3. The van der Waals surface area contributed by atoms with Crippen LogP contribution in [0.1, 0.15) is 32.6 Å². The maximum atomic E-state index is 14.1. The Hall–Kier alpha value is -4.87. The van der Waals surface area contributed by atoms with Gasteiger partial charge in [-0.25, -0.2) is 9.79 Å². The average molecular weight is 580 g/mol. The Kier molecular flexibility index (Phi) is 7.63. The van der Waals surface area contributed by atoms with Gasteiger partial charge in [-0.05, 0) is 28.8 Å². The molecule has 3 aromatic carbocycles. The van der Waals surface area contributed by atoms with Crippen LogP contribution in [0, 0.1) is 0 Å². The maximum Gasteiger partial charge on any atom is 0.417 e. The predicted octanol–water partition coefficient (Wildman–Crippen LogP) is 3.83. The van der Waals surface area contributed by atoms with Crippen LogP contribution >= 0.6 is 0 Å². The first-order valence-corrected chi connectivity index (χ1v) is 13.2. The molecule has 0 atom stereocenters. The molecule has 2 N–H and O–H groups in total. The number of hydrogen-bond acceptors (Lipinski definition) is 6. The van der Waals surface area contributed by atoms with Gasteiger partial charge in [0.25, 0.3) is 11.8 Å². The van der Waals surface area contributed by atoms with Gasteiger partial charge in [0.15, 0.2) is 11.5 Å². The van der Waals surface area contributed by atoms with Gasteiger partial charge >= 0.3 is 12.3 Å². The van der Waals surface area contributed by atoms with Crippen molar-refractivity contribution in [1.29, 1.82) is 0 Å². The summed E-state index contributed by atoms with van der Waals surface area (Å²) in [4.78, 5) is 47.7. The van der Waals surface area contributed by atoms with Gasteiger partial charge in [0.05, 0.1) is 24.8 Å². The number of nitrogens with zero attached hydrogens (tertiary/aromatic N) is 4. The molecule has 2 aliphatic heterocycles. The van der Waals surface area contributed by atoms with E-state index in [0.717, 1.165) is 12.1 Å². The Balaban J connectivity index is 1.46. The molecule has 9 nitrogen and oxygen atoms in total. The summed E-state index contributed by atoms with van der Waals surface area (Å²) in [5.41, 5.74) is 4.60. The van der Waals surface area contributed by atoms with Crippen LogP contribution in [0.3, 0.4) is 0 Å². The lowest BCUT2D eigenvalue weighted by Crippen LogP contribution is -2.50. The molecular formula is C30H28F3N5O4. The molecule has 2 heterocycles. The molecule has 218 valence electrons. The number of alkyl halides is 3. The molecule has 0 aliphatic carbocycles. The molecular weight excluding hydrogens is 551 g/mol. The summed E-state index contributed by atoms with van der Waals surface area (Å²) in [6, 6.07) is 21.0. The summed E-state index contributed by atoms with van der Waals surface area (Å²) in [6.07, 6.45) is -5.37. The van der Waals surface area contributed by atoms with Crippen molar-refractivity contribution < 1.29 is 32.3 Å². The lowest BCUT2D eigenvalue weighted by molar-refractivity contribution is -0.138. The highest BCUT2D eigenvalue weighted by atomic mass is 19.4.